The van der Waals surface area contributed by atoms with Crippen LogP contribution in [0.25, 0.3) is 10.9 Å². The molecule has 0 spiro atoms. The number of carbonyl (C=O) groups excluding carboxylic acids is 1. The molecule has 1 aromatic heterocycles. The second-order valence-corrected chi connectivity index (χ2v) is 6.37. The van der Waals surface area contributed by atoms with E-state index in [4.69, 9.17) is 5.84 Å². The SMILES string of the molecule is NN[C@@H](Cc1c[nH]c2ccccc12)C(=O)N[C@@H](Cc1ccccc1)C(=O)O. The van der Waals surface area contributed by atoms with E-state index >= 15 is 0 Å². The van der Waals surface area contributed by atoms with Crippen LogP contribution >= 0.6 is 0 Å². The zero-order chi connectivity index (χ0) is 19.2. The summed E-state index contributed by atoms with van der Waals surface area (Å²) >= 11 is 0. The number of amides is 1. The standard InChI is InChI=1S/C20H22N4O3/c21-24-17(11-14-12-22-16-9-5-4-8-15(14)16)19(25)23-18(20(26)27)10-13-6-2-1-3-7-13/h1-9,12,17-18,22,24H,10-11,21H2,(H,23,25)(H,26,27)/t17-,18-/m0/s1. The van der Waals surface area contributed by atoms with Gasteiger partial charge in [-0.15, -0.1) is 0 Å². The molecule has 0 aliphatic carbocycles. The highest BCUT2D eigenvalue weighted by Gasteiger charge is 2.25. The first-order valence-electron chi connectivity index (χ1n) is 8.66. The number of H-pyrrole nitrogens is 1. The lowest BCUT2D eigenvalue weighted by Gasteiger charge is -2.20. The van der Waals surface area contributed by atoms with Gasteiger partial charge >= 0.3 is 5.97 Å². The fourth-order valence-corrected chi connectivity index (χ4v) is 3.07. The molecule has 140 valence electrons. The Labute approximate surface area is 156 Å². The number of carboxylic acid groups (broad SMARTS) is 1. The van der Waals surface area contributed by atoms with Crippen molar-refractivity contribution in [1.82, 2.24) is 15.7 Å². The van der Waals surface area contributed by atoms with E-state index in [9.17, 15) is 14.7 Å². The van der Waals surface area contributed by atoms with Gasteiger partial charge in [-0.3, -0.25) is 10.6 Å². The summed E-state index contributed by atoms with van der Waals surface area (Å²) < 4.78 is 0. The molecule has 1 heterocycles. The molecule has 0 saturated carbocycles. The van der Waals surface area contributed by atoms with Gasteiger partial charge in [-0.25, -0.2) is 10.2 Å². The minimum atomic E-state index is -1.09. The number of rotatable bonds is 8. The molecule has 27 heavy (non-hydrogen) atoms. The predicted molar refractivity (Wildman–Crippen MR) is 103 cm³/mol. The summed E-state index contributed by atoms with van der Waals surface area (Å²) in [5.41, 5.74) is 5.22. The number of para-hydroxylation sites is 1. The normalized spacial score (nSPS) is 13.2. The Morgan fingerprint density at radius 2 is 1.70 bits per heavy atom. The summed E-state index contributed by atoms with van der Waals surface area (Å²) in [7, 11) is 0. The lowest BCUT2D eigenvalue weighted by atomic mass is 10.0. The number of aliphatic carboxylic acids is 1. The highest BCUT2D eigenvalue weighted by atomic mass is 16.4. The first-order chi connectivity index (χ1) is 13.1. The predicted octanol–water partition coefficient (Wildman–Crippen LogP) is 1.35. The minimum absolute atomic E-state index is 0.201. The molecule has 0 unspecified atom stereocenters. The van der Waals surface area contributed by atoms with Crippen molar-refractivity contribution in [3.05, 3.63) is 71.9 Å². The maximum Gasteiger partial charge on any atom is 0.326 e. The second kappa shape index (κ2) is 8.48. The molecule has 1 amide bonds. The summed E-state index contributed by atoms with van der Waals surface area (Å²) in [6.07, 6.45) is 2.37. The molecule has 7 heteroatoms. The fourth-order valence-electron chi connectivity index (χ4n) is 3.07. The van der Waals surface area contributed by atoms with E-state index in [1.165, 1.54) is 0 Å². The molecule has 0 radical (unpaired) electrons. The summed E-state index contributed by atoms with van der Waals surface area (Å²) in [4.78, 5) is 27.3. The molecule has 7 nitrogen and oxygen atoms in total. The number of hydrogen-bond donors (Lipinski definition) is 5. The van der Waals surface area contributed by atoms with Gasteiger partial charge in [-0.2, -0.15) is 0 Å². The van der Waals surface area contributed by atoms with Crippen molar-refractivity contribution >= 4 is 22.8 Å². The molecule has 2 atom stereocenters. The third kappa shape index (κ3) is 4.52. The van der Waals surface area contributed by atoms with Crippen LogP contribution in [-0.2, 0) is 22.4 Å². The number of nitrogens with two attached hydrogens (primary N) is 1. The Kier molecular flexibility index (Phi) is 5.85. The number of carboxylic acids is 1. The highest BCUT2D eigenvalue weighted by molar-refractivity contribution is 5.89. The monoisotopic (exact) mass is 366 g/mol. The molecule has 0 aliphatic rings. The summed E-state index contributed by atoms with van der Waals surface area (Å²) in [5.74, 6) is 4.03. The van der Waals surface area contributed by atoms with Crippen molar-refractivity contribution < 1.29 is 14.7 Å². The quantitative estimate of drug-likeness (QED) is 0.304. The number of carbonyl (C=O) groups is 2. The highest BCUT2D eigenvalue weighted by Crippen LogP contribution is 2.19. The largest absolute Gasteiger partial charge is 0.480 e. The van der Waals surface area contributed by atoms with Crippen LogP contribution in [0.3, 0.4) is 0 Å². The summed E-state index contributed by atoms with van der Waals surface area (Å²) in [5, 5.41) is 13.1. The molecule has 3 aromatic rings. The van der Waals surface area contributed by atoms with Gasteiger partial charge in [0.25, 0.3) is 0 Å². The maximum atomic E-state index is 12.6. The zero-order valence-corrected chi connectivity index (χ0v) is 14.7. The summed E-state index contributed by atoms with van der Waals surface area (Å²) in [6.45, 7) is 0. The number of benzene rings is 2. The van der Waals surface area contributed by atoms with Gasteiger partial charge in [0.05, 0.1) is 0 Å². The minimum Gasteiger partial charge on any atom is -0.480 e. The van der Waals surface area contributed by atoms with Crippen LogP contribution in [0.2, 0.25) is 0 Å². The molecule has 0 fully saturated rings. The molecule has 0 bridgehead atoms. The van der Waals surface area contributed by atoms with E-state index in [0.717, 1.165) is 22.0 Å². The van der Waals surface area contributed by atoms with E-state index < -0.39 is 24.0 Å². The van der Waals surface area contributed by atoms with Gasteiger partial charge in [-0.05, 0) is 17.2 Å². The van der Waals surface area contributed by atoms with Crippen LogP contribution in [0.1, 0.15) is 11.1 Å². The van der Waals surface area contributed by atoms with E-state index in [1.54, 1.807) is 0 Å². The maximum absolute atomic E-state index is 12.6. The molecule has 6 N–H and O–H groups in total. The van der Waals surface area contributed by atoms with Gasteiger partial charge in [0.15, 0.2) is 0 Å². The number of nitrogens with one attached hydrogen (secondary N) is 3. The van der Waals surface area contributed by atoms with Crippen LogP contribution in [0.15, 0.2) is 60.8 Å². The van der Waals surface area contributed by atoms with Crippen molar-refractivity contribution in [2.75, 3.05) is 0 Å². The van der Waals surface area contributed by atoms with E-state index in [2.05, 4.69) is 15.7 Å². The van der Waals surface area contributed by atoms with E-state index in [0.29, 0.717) is 6.42 Å². The number of hydrogen-bond acceptors (Lipinski definition) is 4. The van der Waals surface area contributed by atoms with Gasteiger partial charge in [0.2, 0.25) is 5.91 Å². The second-order valence-electron chi connectivity index (χ2n) is 6.37. The zero-order valence-electron chi connectivity index (χ0n) is 14.7. The van der Waals surface area contributed by atoms with Crippen molar-refractivity contribution in [3.8, 4) is 0 Å². The van der Waals surface area contributed by atoms with Crippen molar-refractivity contribution in [2.24, 2.45) is 5.84 Å². The topological polar surface area (TPSA) is 120 Å². The molecular weight excluding hydrogens is 344 g/mol. The van der Waals surface area contributed by atoms with Crippen LogP contribution in [-0.4, -0.2) is 34.1 Å². The average Bonchev–Trinajstić information content (AvgIpc) is 3.09. The summed E-state index contributed by atoms with van der Waals surface area (Å²) in [6, 6.07) is 15.1. The van der Waals surface area contributed by atoms with Crippen LogP contribution in [0.5, 0.6) is 0 Å². The van der Waals surface area contributed by atoms with Crippen molar-refractivity contribution in [2.45, 2.75) is 24.9 Å². The molecule has 0 aliphatic heterocycles. The molecule has 0 saturated heterocycles. The fraction of sp³-hybridized carbons (Fsp3) is 0.200. The van der Waals surface area contributed by atoms with Crippen LogP contribution in [0, 0.1) is 0 Å². The first-order valence-corrected chi connectivity index (χ1v) is 8.66. The Bertz CT molecular complexity index is 923. The van der Waals surface area contributed by atoms with Gasteiger partial charge in [0, 0.05) is 29.9 Å². The van der Waals surface area contributed by atoms with Crippen molar-refractivity contribution in [3.63, 3.8) is 0 Å². The average molecular weight is 366 g/mol. The number of fused-ring (bicyclic) bond motifs is 1. The Hall–Kier alpha value is -3.16. The number of aromatic amines is 1. The van der Waals surface area contributed by atoms with Crippen LogP contribution < -0.4 is 16.6 Å². The van der Waals surface area contributed by atoms with E-state index in [1.807, 2.05) is 60.8 Å². The third-order valence-electron chi connectivity index (χ3n) is 4.51. The first kappa shape index (κ1) is 18.6. The Morgan fingerprint density at radius 3 is 2.41 bits per heavy atom. The number of aromatic nitrogens is 1. The smallest absolute Gasteiger partial charge is 0.326 e. The lowest BCUT2D eigenvalue weighted by Crippen LogP contribution is -2.53. The number of hydrazine groups is 1. The van der Waals surface area contributed by atoms with E-state index in [-0.39, 0.29) is 6.42 Å². The Morgan fingerprint density at radius 1 is 1.00 bits per heavy atom. The third-order valence-corrected chi connectivity index (χ3v) is 4.51. The lowest BCUT2D eigenvalue weighted by molar-refractivity contribution is -0.142. The van der Waals surface area contributed by atoms with Crippen molar-refractivity contribution in [1.29, 1.82) is 0 Å². The van der Waals surface area contributed by atoms with Crippen LogP contribution in [0.4, 0.5) is 0 Å². The molecule has 3 rings (SSSR count). The Balaban J connectivity index is 1.70. The van der Waals surface area contributed by atoms with Gasteiger partial charge in [0.1, 0.15) is 12.1 Å². The molecule has 2 aromatic carbocycles. The van der Waals surface area contributed by atoms with Gasteiger partial charge in [-0.1, -0.05) is 48.5 Å². The molecular formula is C20H22N4O3. The van der Waals surface area contributed by atoms with Gasteiger partial charge < -0.3 is 15.4 Å².